The van der Waals surface area contributed by atoms with Gasteiger partial charge >= 0.3 is 0 Å². The summed E-state index contributed by atoms with van der Waals surface area (Å²) in [4.78, 5) is 15.2. The second-order valence-corrected chi connectivity index (χ2v) is 9.74. The zero-order chi connectivity index (χ0) is 22.8. The van der Waals surface area contributed by atoms with Crippen LogP contribution in [0, 0.1) is 0 Å². The first-order valence-electron chi connectivity index (χ1n) is 10.9. The van der Waals surface area contributed by atoms with E-state index in [1.54, 1.807) is 36.4 Å². The number of rotatable bonds is 5. The Morgan fingerprint density at radius 2 is 1.64 bits per heavy atom. The van der Waals surface area contributed by atoms with Crippen molar-refractivity contribution in [2.45, 2.75) is 23.8 Å². The number of likely N-dealkylation sites (tertiary alicyclic amines) is 1. The molecule has 170 valence electrons. The molecule has 1 atom stereocenters. The minimum absolute atomic E-state index is 0.0588. The largest absolute Gasteiger partial charge is 0.486 e. The number of nitrogens with one attached hydrogen (secondary N) is 1. The number of benzene rings is 3. The monoisotopic (exact) mass is 464 g/mol. The molecule has 8 heteroatoms. The second kappa shape index (κ2) is 8.78. The smallest absolute Gasteiger partial charge is 0.261 e. The first kappa shape index (κ1) is 21.3. The van der Waals surface area contributed by atoms with Crippen LogP contribution >= 0.6 is 0 Å². The van der Waals surface area contributed by atoms with Gasteiger partial charge in [-0.3, -0.25) is 9.52 Å². The van der Waals surface area contributed by atoms with Crippen LogP contribution in [-0.2, 0) is 10.0 Å². The van der Waals surface area contributed by atoms with Crippen LogP contribution in [0.5, 0.6) is 11.5 Å². The molecule has 7 nitrogen and oxygen atoms in total. The molecule has 0 spiro atoms. The molecule has 0 bridgehead atoms. The van der Waals surface area contributed by atoms with E-state index in [0.29, 0.717) is 36.8 Å². The van der Waals surface area contributed by atoms with Gasteiger partial charge in [0, 0.05) is 17.8 Å². The summed E-state index contributed by atoms with van der Waals surface area (Å²) < 4.78 is 39.2. The highest BCUT2D eigenvalue weighted by Gasteiger charge is 2.31. The maximum atomic E-state index is 13.3. The SMILES string of the molecule is O=C(c1ccc(S(=O)(=O)Nc2ccccc2)cc1)N1CCCC1c1ccc2c(c1)OCCO2. The fourth-order valence-corrected chi connectivity index (χ4v) is 5.34. The molecule has 3 aromatic rings. The molecule has 1 fully saturated rings. The van der Waals surface area contributed by atoms with Crippen molar-refractivity contribution in [3.63, 3.8) is 0 Å². The predicted molar refractivity (Wildman–Crippen MR) is 124 cm³/mol. The Bertz CT molecular complexity index is 1260. The molecule has 33 heavy (non-hydrogen) atoms. The standard InChI is InChI=1S/C25H24N2O5S/c28-25(18-8-11-21(12-9-18)33(29,30)26-20-5-2-1-3-6-20)27-14-4-7-22(27)19-10-13-23-24(17-19)32-16-15-31-23/h1-3,5-6,8-13,17,22,26H,4,7,14-16H2. The normalized spacial score (nSPS) is 17.6. The first-order chi connectivity index (χ1) is 16.0. The fraction of sp³-hybridized carbons (Fsp3) is 0.240. The molecule has 1 N–H and O–H groups in total. The van der Waals surface area contributed by atoms with E-state index in [0.717, 1.165) is 24.2 Å². The van der Waals surface area contributed by atoms with Crippen molar-refractivity contribution in [1.82, 2.24) is 4.90 Å². The van der Waals surface area contributed by atoms with Crippen molar-refractivity contribution in [2.75, 3.05) is 24.5 Å². The lowest BCUT2D eigenvalue weighted by Gasteiger charge is -2.27. The number of fused-ring (bicyclic) bond motifs is 1. The molecular formula is C25H24N2O5S. The third kappa shape index (κ3) is 4.39. The Morgan fingerprint density at radius 1 is 0.909 bits per heavy atom. The van der Waals surface area contributed by atoms with E-state index >= 15 is 0 Å². The van der Waals surface area contributed by atoms with Crippen molar-refractivity contribution < 1.29 is 22.7 Å². The number of carbonyl (C=O) groups is 1. The van der Waals surface area contributed by atoms with Crippen LogP contribution in [0.4, 0.5) is 5.69 Å². The summed E-state index contributed by atoms with van der Waals surface area (Å²) in [6.07, 6.45) is 1.76. The number of hydrogen-bond acceptors (Lipinski definition) is 5. The molecule has 0 aliphatic carbocycles. The van der Waals surface area contributed by atoms with Crippen molar-refractivity contribution in [1.29, 1.82) is 0 Å². The summed E-state index contributed by atoms with van der Waals surface area (Å²) in [6, 6.07) is 20.5. The summed E-state index contributed by atoms with van der Waals surface area (Å²) in [5.74, 6) is 1.31. The molecule has 1 unspecified atom stereocenters. The topological polar surface area (TPSA) is 84.9 Å². The molecule has 2 heterocycles. The van der Waals surface area contributed by atoms with E-state index in [1.807, 2.05) is 29.2 Å². The lowest BCUT2D eigenvalue weighted by atomic mass is 10.0. The zero-order valence-electron chi connectivity index (χ0n) is 17.9. The summed E-state index contributed by atoms with van der Waals surface area (Å²) >= 11 is 0. The molecule has 2 aliphatic heterocycles. The molecule has 5 rings (SSSR count). The van der Waals surface area contributed by atoms with E-state index in [2.05, 4.69) is 4.72 Å². The van der Waals surface area contributed by atoms with Gasteiger partial charge in [-0.2, -0.15) is 0 Å². The molecule has 2 aliphatic rings. The Labute approximate surface area is 193 Å². The number of para-hydroxylation sites is 1. The third-order valence-electron chi connectivity index (χ3n) is 5.90. The fourth-order valence-electron chi connectivity index (χ4n) is 4.29. The second-order valence-electron chi connectivity index (χ2n) is 8.06. The highest BCUT2D eigenvalue weighted by atomic mass is 32.2. The highest BCUT2D eigenvalue weighted by Crippen LogP contribution is 2.38. The summed E-state index contributed by atoms with van der Waals surface area (Å²) in [5.41, 5.74) is 1.95. The lowest BCUT2D eigenvalue weighted by molar-refractivity contribution is 0.0735. The van der Waals surface area contributed by atoms with Gasteiger partial charge in [-0.25, -0.2) is 8.42 Å². The minimum Gasteiger partial charge on any atom is -0.486 e. The zero-order valence-corrected chi connectivity index (χ0v) is 18.8. The molecule has 0 aromatic heterocycles. The van der Waals surface area contributed by atoms with Gasteiger partial charge in [0.25, 0.3) is 15.9 Å². The maximum absolute atomic E-state index is 13.3. The van der Waals surface area contributed by atoms with Crippen molar-refractivity contribution in [3.05, 3.63) is 83.9 Å². The van der Waals surface area contributed by atoms with Gasteiger partial charge in [0.1, 0.15) is 13.2 Å². The number of ether oxygens (including phenoxy) is 2. The van der Waals surface area contributed by atoms with E-state index in [9.17, 15) is 13.2 Å². The van der Waals surface area contributed by atoms with Gasteiger partial charge in [-0.15, -0.1) is 0 Å². The molecule has 0 radical (unpaired) electrons. The van der Waals surface area contributed by atoms with E-state index in [-0.39, 0.29) is 16.8 Å². The van der Waals surface area contributed by atoms with Gasteiger partial charge < -0.3 is 14.4 Å². The van der Waals surface area contributed by atoms with Crippen molar-refractivity contribution in [2.24, 2.45) is 0 Å². The van der Waals surface area contributed by atoms with Crippen LogP contribution in [-0.4, -0.2) is 39.0 Å². The lowest BCUT2D eigenvalue weighted by Crippen LogP contribution is -2.30. The van der Waals surface area contributed by atoms with Gasteiger partial charge in [0.2, 0.25) is 0 Å². The molecule has 3 aromatic carbocycles. The molecular weight excluding hydrogens is 440 g/mol. The Kier molecular flexibility index (Phi) is 5.68. The van der Waals surface area contributed by atoms with Gasteiger partial charge in [-0.1, -0.05) is 24.3 Å². The maximum Gasteiger partial charge on any atom is 0.261 e. The van der Waals surface area contributed by atoms with Crippen LogP contribution in [0.2, 0.25) is 0 Å². The Morgan fingerprint density at radius 3 is 2.39 bits per heavy atom. The predicted octanol–water partition coefficient (Wildman–Crippen LogP) is 4.24. The summed E-state index contributed by atoms with van der Waals surface area (Å²) in [7, 11) is -3.74. The first-order valence-corrected chi connectivity index (χ1v) is 12.4. The quantitative estimate of drug-likeness (QED) is 0.611. The van der Waals surface area contributed by atoms with Gasteiger partial charge in [0.05, 0.1) is 10.9 Å². The summed E-state index contributed by atoms with van der Waals surface area (Å²) in [5, 5.41) is 0. The number of amides is 1. The van der Waals surface area contributed by atoms with E-state index in [4.69, 9.17) is 9.47 Å². The summed E-state index contributed by atoms with van der Waals surface area (Å²) in [6.45, 7) is 1.69. The number of nitrogens with zero attached hydrogens (tertiary/aromatic N) is 1. The minimum atomic E-state index is -3.74. The van der Waals surface area contributed by atoms with Gasteiger partial charge in [0.15, 0.2) is 11.5 Å². The number of sulfonamides is 1. The van der Waals surface area contributed by atoms with Crippen LogP contribution in [0.1, 0.15) is 34.8 Å². The van der Waals surface area contributed by atoms with E-state index < -0.39 is 10.0 Å². The van der Waals surface area contributed by atoms with Gasteiger partial charge in [-0.05, 0) is 66.9 Å². The van der Waals surface area contributed by atoms with Crippen LogP contribution in [0.3, 0.4) is 0 Å². The Hall–Kier alpha value is -3.52. The molecule has 1 amide bonds. The van der Waals surface area contributed by atoms with Crippen molar-refractivity contribution >= 4 is 21.6 Å². The average Bonchev–Trinajstić information content (AvgIpc) is 3.34. The van der Waals surface area contributed by atoms with Crippen LogP contribution in [0.15, 0.2) is 77.7 Å². The average molecular weight is 465 g/mol. The number of anilines is 1. The van der Waals surface area contributed by atoms with Crippen LogP contribution in [0.25, 0.3) is 0 Å². The number of hydrogen-bond donors (Lipinski definition) is 1. The van der Waals surface area contributed by atoms with Crippen LogP contribution < -0.4 is 14.2 Å². The van der Waals surface area contributed by atoms with E-state index in [1.165, 1.54) is 12.1 Å². The molecule has 1 saturated heterocycles. The molecule has 0 saturated carbocycles. The van der Waals surface area contributed by atoms with Crippen molar-refractivity contribution in [3.8, 4) is 11.5 Å². The Balaban J connectivity index is 1.34. The third-order valence-corrected chi connectivity index (χ3v) is 7.30. The number of carbonyl (C=O) groups excluding carboxylic acids is 1. The highest BCUT2D eigenvalue weighted by molar-refractivity contribution is 7.92.